The first-order valence-electron chi connectivity index (χ1n) is 2.84. The Kier molecular flexibility index (Phi) is 2.55. The second-order valence-corrected chi connectivity index (χ2v) is 3.54. The molecule has 0 rings (SSSR count). The molecule has 0 aromatic heterocycles. The van der Waals surface area contributed by atoms with E-state index in [0.717, 1.165) is 0 Å². The van der Waals surface area contributed by atoms with Gasteiger partial charge in [-0.15, -0.1) is 0 Å². The van der Waals surface area contributed by atoms with Crippen LogP contribution in [0.5, 0.6) is 0 Å². The molecule has 0 fully saturated rings. The van der Waals surface area contributed by atoms with Gasteiger partial charge in [-0.25, -0.2) is 0 Å². The lowest BCUT2D eigenvalue weighted by molar-refractivity contribution is -0.140. The van der Waals surface area contributed by atoms with Gasteiger partial charge in [0.2, 0.25) is 0 Å². The van der Waals surface area contributed by atoms with Crippen molar-refractivity contribution in [3.05, 3.63) is 0 Å². The van der Waals surface area contributed by atoms with E-state index in [9.17, 15) is 4.79 Å². The molecule has 1 N–H and O–H groups in total. The fourth-order valence-corrected chi connectivity index (χ4v) is 0.247. The fraction of sp³-hybridized carbons (Fsp3) is 0.833. The Labute approximate surface area is 60.7 Å². The number of carbonyl (C=O) groups is 1. The van der Waals surface area contributed by atoms with Crippen molar-refractivity contribution in [3.8, 4) is 0 Å². The molecule has 0 amide bonds. The minimum absolute atomic E-state index is 0.0540. The predicted octanol–water partition coefficient (Wildman–Crippen LogP) is 1.42. The maximum atomic E-state index is 10.4. The predicted molar refractivity (Wildman–Crippen MR) is 39.9 cm³/mol. The van der Waals surface area contributed by atoms with E-state index in [2.05, 4.69) is 12.6 Å². The van der Waals surface area contributed by atoms with Gasteiger partial charge < -0.3 is 5.11 Å². The normalized spacial score (nSPS) is 17.4. The summed E-state index contributed by atoms with van der Waals surface area (Å²) in [4.78, 5) is 10.4. The first-order valence-corrected chi connectivity index (χ1v) is 3.29. The lowest BCUT2D eigenvalue weighted by Crippen LogP contribution is -2.34. The number of thiol groups is 1. The molecule has 1 atom stereocenters. The van der Waals surface area contributed by atoms with E-state index in [4.69, 9.17) is 5.11 Å². The molecule has 0 saturated carbocycles. The average Bonchev–Trinajstić information content (AvgIpc) is 1.65. The molecule has 0 aliphatic heterocycles. The molecule has 1 unspecified atom stereocenters. The van der Waals surface area contributed by atoms with E-state index in [-0.39, 0.29) is 5.92 Å². The molecule has 0 radical (unpaired) electrons. The lowest BCUT2D eigenvalue weighted by atomic mass is 9.97. The summed E-state index contributed by atoms with van der Waals surface area (Å²) in [5.74, 6) is -0.806. The van der Waals surface area contributed by atoms with Crippen LogP contribution in [0.2, 0.25) is 0 Å². The van der Waals surface area contributed by atoms with Gasteiger partial charge in [-0.05, 0) is 12.8 Å². The summed E-state index contributed by atoms with van der Waals surface area (Å²) >= 11 is 3.98. The Hall–Kier alpha value is -0.180. The summed E-state index contributed by atoms with van der Waals surface area (Å²) in [6.45, 7) is 5.27. The largest absolute Gasteiger partial charge is 0.480 e. The van der Waals surface area contributed by atoms with Crippen LogP contribution in [0.1, 0.15) is 20.8 Å². The van der Waals surface area contributed by atoms with Crippen molar-refractivity contribution in [2.24, 2.45) is 5.92 Å². The van der Waals surface area contributed by atoms with Crippen LogP contribution in [0.3, 0.4) is 0 Å². The Bertz CT molecular complexity index is 118. The van der Waals surface area contributed by atoms with Gasteiger partial charge in [-0.1, -0.05) is 13.8 Å². The van der Waals surface area contributed by atoms with Crippen LogP contribution < -0.4 is 0 Å². The van der Waals surface area contributed by atoms with E-state index in [1.54, 1.807) is 6.92 Å². The van der Waals surface area contributed by atoms with Gasteiger partial charge in [0, 0.05) is 0 Å². The fourth-order valence-electron chi connectivity index (χ4n) is 0.247. The molecule has 0 aliphatic rings. The maximum Gasteiger partial charge on any atom is 0.319 e. The molecular formula is C6H12O2S. The van der Waals surface area contributed by atoms with Crippen LogP contribution >= 0.6 is 12.6 Å². The molecule has 0 spiro atoms. The molecule has 3 heteroatoms. The molecule has 0 aliphatic carbocycles. The third-order valence-corrected chi connectivity index (χ3v) is 2.26. The zero-order chi connectivity index (χ0) is 7.65. The van der Waals surface area contributed by atoms with E-state index in [1.165, 1.54) is 0 Å². The first-order chi connectivity index (χ1) is 3.89. The first kappa shape index (κ1) is 8.82. The smallest absolute Gasteiger partial charge is 0.319 e. The van der Waals surface area contributed by atoms with Crippen molar-refractivity contribution >= 4 is 18.6 Å². The van der Waals surface area contributed by atoms with Crippen LogP contribution in [-0.4, -0.2) is 15.8 Å². The molecular weight excluding hydrogens is 136 g/mol. The third kappa shape index (κ3) is 1.90. The maximum absolute atomic E-state index is 10.4. The van der Waals surface area contributed by atoms with Crippen molar-refractivity contribution in [1.82, 2.24) is 0 Å². The quantitative estimate of drug-likeness (QED) is 0.581. The summed E-state index contributed by atoms with van der Waals surface area (Å²) in [6, 6.07) is 0. The molecule has 0 aromatic carbocycles. The van der Waals surface area contributed by atoms with Gasteiger partial charge in [0.1, 0.15) is 4.75 Å². The van der Waals surface area contributed by atoms with Gasteiger partial charge in [0.05, 0.1) is 0 Å². The van der Waals surface area contributed by atoms with Crippen molar-refractivity contribution < 1.29 is 9.90 Å². The molecule has 2 nitrogen and oxygen atoms in total. The SMILES string of the molecule is CC(C)C(C)(S)C(=O)O. The molecule has 54 valence electrons. The van der Waals surface area contributed by atoms with Crippen LogP contribution in [-0.2, 0) is 4.79 Å². The zero-order valence-corrected chi connectivity index (χ0v) is 6.77. The second-order valence-electron chi connectivity index (χ2n) is 2.61. The standard InChI is InChI=1S/C6H12O2S/c1-4(2)6(3,9)5(7)8/h4,9H,1-3H3,(H,7,8). The van der Waals surface area contributed by atoms with Crippen LogP contribution in [0.15, 0.2) is 0 Å². The summed E-state index contributed by atoms with van der Waals surface area (Å²) < 4.78 is -0.889. The Morgan fingerprint density at radius 2 is 2.00 bits per heavy atom. The third-order valence-electron chi connectivity index (χ3n) is 1.56. The highest BCUT2D eigenvalue weighted by Gasteiger charge is 2.31. The molecule has 9 heavy (non-hydrogen) atoms. The van der Waals surface area contributed by atoms with Gasteiger partial charge in [-0.2, -0.15) is 12.6 Å². The number of hydrogen-bond donors (Lipinski definition) is 2. The zero-order valence-electron chi connectivity index (χ0n) is 5.88. The van der Waals surface area contributed by atoms with Crippen LogP contribution in [0, 0.1) is 5.92 Å². The van der Waals surface area contributed by atoms with Crippen molar-refractivity contribution in [3.63, 3.8) is 0 Å². The van der Waals surface area contributed by atoms with Crippen LogP contribution in [0.4, 0.5) is 0 Å². The summed E-state index contributed by atoms with van der Waals surface area (Å²) in [6.07, 6.45) is 0. The number of aliphatic carboxylic acids is 1. The number of rotatable bonds is 2. The number of carboxylic acid groups (broad SMARTS) is 1. The van der Waals surface area contributed by atoms with E-state index < -0.39 is 10.7 Å². The minimum atomic E-state index is -0.889. The van der Waals surface area contributed by atoms with Crippen molar-refractivity contribution in [2.45, 2.75) is 25.5 Å². The molecule has 0 saturated heterocycles. The van der Waals surface area contributed by atoms with E-state index >= 15 is 0 Å². The van der Waals surface area contributed by atoms with Crippen molar-refractivity contribution in [1.29, 1.82) is 0 Å². The average molecular weight is 148 g/mol. The molecule has 0 heterocycles. The highest BCUT2D eigenvalue weighted by atomic mass is 32.1. The Balaban J connectivity index is 4.19. The van der Waals surface area contributed by atoms with Gasteiger partial charge in [0.25, 0.3) is 0 Å². The monoisotopic (exact) mass is 148 g/mol. The van der Waals surface area contributed by atoms with Gasteiger partial charge in [-0.3, -0.25) is 4.79 Å². The van der Waals surface area contributed by atoms with Crippen LogP contribution in [0.25, 0.3) is 0 Å². The molecule has 0 aromatic rings. The number of hydrogen-bond acceptors (Lipinski definition) is 2. The van der Waals surface area contributed by atoms with E-state index in [0.29, 0.717) is 0 Å². The lowest BCUT2D eigenvalue weighted by Gasteiger charge is -2.21. The second kappa shape index (κ2) is 2.60. The highest BCUT2D eigenvalue weighted by molar-refractivity contribution is 7.82. The topological polar surface area (TPSA) is 37.3 Å². The van der Waals surface area contributed by atoms with E-state index in [1.807, 2.05) is 13.8 Å². The van der Waals surface area contributed by atoms with Crippen molar-refractivity contribution in [2.75, 3.05) is 0 Å². The Morgan fingerprint density at radius 3 is 2.00 bits per heavy atom. The van der Waals surface area contributed by atoms with Gasteiger partial charge >= 0.3 is 5.97 Å². The number of carboxylic acids is 1. The summed E-state index contributed by atoms with van der Waals surface area (Å²) in [7, 11) is 0. The Morgan fingerprint density at radius 1 is 1.67 bits per heavy atom. The highest BCUT2D eigenvalue weighted by Crippen LogP contribution is 2.23. The molecule has 0 bridgehead atoms. The van der Waals surface area contributed by atoms with Gasteiger partial charge in [0.15, 0.2) is 0 Å². The summed E-state index contributed by atoms with van der Waals surface area (Å²) in [5, 5.41) is 8.54. The minimum Gasteiger partial charge on any atom is -0.480 e. The summed E-state index contributed by atoms with van der Waals surface area (Å²) in [5.41, 5.74) is 0.